The lowest BCUT2D eigenvalue weighted by Crippen LogP contribution is -2.29. The van der Waals surface area contributed by atoms with Gasteiger partial charge in [0.25, 0.3) is 0 Å². The molecule has 4 nitrogen and oxygen atoms in total. The van der Waals surface area contributed by atoms with Crippen LogP contribution in [0.5, 0.6) is 0 Å². The van der Waals surface area contributed by atoms with Crippen LogP contribution in [0.25, 0.3) is 0 Å². The molecule has 1 fully saturated rings. The number of benzene rings is 2. The molecule has 2 aromatic heterocycles. The van der Waals surface area contributed by atoms with Crippen molar-refractivity contribution in [3.8, 4) is 0 Å². The minimum Gasteiger partial charge on any atom is -0.452 e. The largest absolute Gasteiger partial charge is 0.452 e. The highest BCUT2D eigenvalue weighted by Gasteiger charge is 2.42. The predicted octanol–water partition coefficient (Wildman–Crippen LogP) is 6.93. The lowest BCUT2D eigenvalue weighted by molar-refractivity contribution is 0.383. The molecule has 1 aliphatic heterocycles. The van der Waals surface area contributed by atoms with E-state index in [1.165, 1.54) is 16.7 Å². The number of hydrogen-bond acceptors (Lipinski definition) is 4. The molecule has 166 valence electrons. The van der Waals surface area contributed by atoms with E-state index in [0.29, 0.717) is 5.11 Å². The first kappa shape index (κ1) is 21.7. The standard InChI is InChI=1S/C27H25N3OS2/c1-17-7-11-21(12-8-17)33-24-14-13-23(31-24)26-25(22-6-4-5-15-28-22)29-27(32)30(26)20-10-9-18(2)19(3)16-20/h4-16,25-26H,1-3H3,(H,29,32)/t25-,26+/m0/s1. The van der Waals surface area contributed by atoms with Crippen LogP contribution in [0.3, 0.4) is 0 Å². The number of thiocarbonyl (C=S) groups is 1. The SMILES string of the molecule is Cc1ccc(Sc2ccc([C@@H]3[C@H](c4ccccn4)NC(=S)N3c3ccc(C)c(C)c3)o2)cc1. The second-order valence-electron chi connectivity index (χ2n) is 8.34. The first-order valence-electron chi connectivity index (χ1n) is 10.9. The summed E-state index contributed by atoms with van der Waals surface area (Å²) < 4.78 is 6.40. The third kappa shape index (κ3) is 4.41. The smallest absolute Gasteiger partial charge is 0.174 e. The highest BCUT2D eigenvalue weighted by atomic mass is 32.2. The van der Waals surface area contributed by atoms with Crippen LogP contribution in [-0.4, -0.2) is 10.1 Å². The van der Waals surface area contributed by atoms with Crippen LogP contribution in [-0.2, 0) is 0 Å². The molecule has 0 saturated carbocycles. The van der Waals surface area contributed by atoms with Crippen LogP contribution in [0.2, 0.25) is 0 Å². The molecule has 0 spiro atoms. The Morgan fingerprint density at radius 2 is 1.76 bits per heavy atom. The fourth-order valence-corrected chi connectivity index (χ4v) is 5.19. The van der Waals surface area contributed by atoms with Crippen LogP contribution in [0.1, 0.15) is 40.2 Å². The predicted molar refractivity (Wildman–Crippen MR) is 138 cm³/mol. The number of aryl methyl sites for hydroxylation is 3. The monoisotopic (exact) mass is 471 g/mol. The van der Waals surface area contributed by atoms with Gasteiger partial charge in [-0.05, 0) is 92.6 Å². The third-order valence-electron chi connectivity index (χ3n) is 6.00. The maximum Gasteiger partial charge on any atom is 0.174 e. The van der Waals surface area contributed by atoms with Gasteiger partial charge in [0.05, 0.1) is 11.7 Å². The van der Waals surface area contributed by atoms with Gasteiger partial charge in [-0.2, -0.15) is 0 Å². The molecular formula is C27H25N3OS2. The molecule has 33 heavy (non-hydrogen) atoms. The number of pyridine rings is 1. The molecule has 1 saturated heterocycles. The van der Waals surface area contributed by atoms with Crippen molar-refractivity contribution >= 4 is 34.8 Å². The van der Waals surface area contributed by atoms with E-state index >= 15 is 0 Å². The van der Waals surface area contributed by atoms with Crippen molar-refractivity contribution < 1.29 is 4.42 Å². The van der Waals surface area contributed by atoms with Crippen molar-refractivity contribution in [3.63, 3.8) is 0 Å². The van der Waals surface area contributed by atoms with Crippen molar-refractivity contribution in [1.29, 1.82) is 0 Å². The Hall–Kier alpha value is -3.09. The fraction of sp³-hybridized carbons (Fsp3) is 0.185. The summed E-state index contributed by atoms with van der Waals surface area (Å²) >= 11 is 7.44. The topological polar surface area (TPSA) is 41.3 Å². The van der Waals surface area contributed by atoms with Gasteiger partial charge in [0, 0.05) is 16.8 Å². The zero-order valence-corrected chi connectivity index (χ0v) is 20.4. The van der Waals surface area contributed by atoms with E-state index < -0.39 is 0 Å². The number of rotatable bonds is 5. The molecule has 5 rings (SSSR count). The molecule has 1 aliphatic rings. The summed E-state index contributed by atoms with van der Waals surface area (Å²) in [6, 6.07) is 24.7. The minimum atomic E-state index is -0.151. The highest BCUT2D eigenvalue weighted by molar-refractivity contribution is 7.99. The Labute approximate surface area is 204 Å². The molecule has 2 atom stereocenters. The number of aromatic nitrogens is 1. The van der Waals surface area contributed by atoms with Gasteiger partial charge < -0.3 is 14.6 Å². The summed E-state index contributed by atoms with van der Waals surface area (Å²) in [5, 5.41) is 5.02. The van der Waals surface area contributed by atoms with Crippen molar-refractivity contribution in [2.75, 3.05) is 4.90 Å². The lowest BCUT2D eigenvalue weighted by Gasteiger charge is -2.26. The summed E-state index contributed by atoms with van der Waals surface area (Å²) in [4.78, 5) is 7.92. The minimum absolute atomic E-state index is 0.122. The van der Waals surface area contributed by atoms with Crippen LogP contribution in [0, 0.1) is 20.8 Å². The maximum atomic E-state index is 6.40. The summed E-state index contributed by atoms with van der Waals surface area (Å²) in [5.41, 5.74) is 5.70. The van der Waals surface area contributed by atoms with E-state index in [1.807, 2.05) is 30.5 Å². The number of nitrogens with zero attached hydrogens (tertiary/aromatic N) is 2. The Morgan fingerprint density at radius 1 is 0.939 bits per heavy atom. The van der Waals surface area contributed by atoms with E-state index in [9.17, 15) is 0 Å². The molecule has 2 aromatic carbocycles. The molecule has 0 aliphatic carbocycles. The second-order valence-corrected chi connectivity index (χ2v) is 9.80. The average molecular weight is 472 g/mol. The van der Waals surface area contributed by atoms with Gasteiger partial charge >= 0.3 is 0 Å². The zero-order chi connectivity index (χ0) is 22.9. The number of furan rings is 1. The van der Waals surface area contributed by atoms with Crippen LogP contribution >= 0.6 is 24.0 Å². The van der Waals surface area contributed by atoms with Crippen molar-refractivity contribution in [2.24, 2.45) is 0 Å². The van der Waals surface area contributed by atoms with Crippen LogP contribution in [0.4, 0.5) is 5.69 Å². The summed E-state index contributed by atoms with van der Waals surface area (Å²) in [7, 11) is 0. The zero-order valence-electron chi connectivity index (χ0n) is 18.8. The third-order valence-corrected chi connectivity index (χ3v) is 7.24. The number of hydrogen-bond donors (Lipinski definition) is 1. The number of anilines is 1. The molecule has 0 unspecified atom stereocenters. The van der Waals surface area contributed by atoms with Gasteiger partial charge in [-0.3, -0.25) is 4.98 Å². The first-order chi connectivity index (χ1) is 16.0. The van der Waals surface area contributed by atoms with Gasteiger partial charge in [-0.1, -0.05) is 41.6 Å². The van der Waals surface area contributed by atoms with E-state index in [1.54, 1.807) is 11.8 Å². The second kappa shape index (κ2) is 9.04. The van der Waals surface area contributed by atoms with Gasteiger partial charge in [0.2, 0.25) is 0 Å². The van der Waals surface area contributed by atoms with Crippen molar-refractivity contribution in [2.45, 2.75) is 42.8 Å². The van der Waals surface area contributed by atoms with E-state index in [-0.39, 0.29) is 12.1 Å². The molecule has 3 heterocycles. The van der Waals surface area contributed by atoms with E-state index in [2.05, 4.69) is 84.5 Å². The Kier molecular flexibility index (Phi) is 5.96. The molecule has 1 N–H and O–H groups in total. The first-order valence-corrected chi connectivity index (χ1v) is 12.1. The van der Waals surface area contributed by atoms with Crippen molar-refractivity contribution in [1.82, 2.24) is 10.3 Å². The normalized spacial score (nSPS) is 17.9. The summed E-state index contributed by atoms with van der Waals surface area (Å²) in [5.74, 6) is 0.853. The summed E-state index contributed by atoms with van der Waals surface area (Å²) in [6.45, 7) is 6.34. The molecular weight excluding hydrogens is 446 g/mol. The van der Waals surface area contributed by atoms with E-state index in [0.717, 1.165) is 27.1 Å². The van der Waals surface area contributed by atoms with Crippen LogP contribution in [0.15, 0.2) is 93.4 Å². The van der Waals surface area contributed by atoms with Gasteiger partial charge in [-0.25, -0.2) is 0 Å². The van der Waals surface area contributed by atoms with Crippen molar-refractivity contribution in [3.05, 3.63) is 107 Å². The van der Waals surface area contributed by atoms with Gasteiger partial charge in [-0.15, -0.1) is 0 Å². The Balaban J connectivity index is 1.53. The fourth-order valence-electron chi connectivity index (χ4n) is 4.07. The maximum absolute atomic E-state index is 6.40. The molecule has 4 aromatic rings. The molecule has 0 bridgehead atoms. The highest BCUT2D eigenvalue weighted by Crippen LogP contribution is 2.43. The summed E-state index contributed by atoms with van der Waals surface area (Å²) in [6.07, 6.45) is 1.82. The van der Waals surface area contributed by atoms with Crippen LogP contribution < -0.4 is 10.2 Å². The van der Waals surface area contributed by atoms with Gasteiger partial charge in [0.1, 0.15) is 11.8 Å². The quantitative estimate of drug-likeness (QED) is 0.318. The molecule has 0 amide bonds. The average Bonchev–Trinajstić information content (AvgIpc) is 3.42. The Morgan fingerprint density at radius 3 is 2.48 bits per heavy atom. The molecule has 0 radical (unpaired) electrons. The van der Waals surface area contributed by atoms with E-state index in [4.69, 9.17) is 16.6 Å². The van der Waals surface area contributed by atoms with Gasteiger partial charge in [0.15, 0.2) is 10.2 Å². The lowest BCUT2D eigenvalue weighted by atomic mass is 10.0. The number of nitrogens with one attached hydrogen (secondary N) is 1. The molecule has 6 heteroatoms. The Bertz CT molecular complexity index is 1280.